The van der Waals surface area contributed by atoms with Crippen LogP contribution in [0.1, 0.15) is 24.8 Å². The van der Waals surface area contributed by atoms with Gasteiger partial charge in [0.2, 0.25) is 0 Å². The van der Waals surface area contributed by atoms with Crippen LogP contribution in [0.5, 0.6) is 0 Å². The van der Waals surface area contributed by atoms with Gasteiger partial charge in [0.1, 0.15) is 0 Å². The molecule has 0 spiro atoms. The van der Waals surface area contributed by atoms with Crippen molar-refractivity contribution < 1.29 is 0 Å². The Labute approximate surface area is 73.8 Å². The van der Waals surface area contributed by atoms with E-state index in [4.69, 9.17) is 0 Å². The van der Waals surface area contributed by atoms with E-state index in [9.17, 15) is 0 Å². The largest absolute Gasteiger partial charge is 0.375 e. The monoisotopic (exact) mass is 159 g/mol. The van der Waals surface area contributed by atoms with E-state index in [2.05, 4.69) is 36.1 Å². The Kier molecular flexibility index (Phi) is 2.31. The summed E-state index contributed by atoms with van der Waals surface area (Å²) in [6.45, 7) is 3.19. The average Bonchev–Trinajstić information content (AvgIpc) is 2.06. The molecule has 62 valence electrons. The van der Waals surface area contributed by atoms with E-state index < -0.39 is 0 Å². The van der Waals surface area contributed by atoms with Crippen LogP contribution in [0, 0.1) is 6.54 Å². The second kappa shape index (κ2) is 3.61. The van der Waals surface area contributed by atoms with Crippen molar-refractivity contribution >= 4 is 5.69 Å². The lowest BCUT2D eigenvalue weighted by Gasteiger charge is -2.13. The minimum Gasteiger partial charge on any atom is -0.375 e. The number of aryl methyl sites for hydroxylation is 1. The summed E-state index contributed by atoms with van der Waals surface area (Å²) >= 11 is 0. The smallest absolute Gasteiger partial charge is 0.0880 e. The summed E-state index contributed by atoms with van der Waals surface area (Å²) in [6, 6.07) is 8.47. The van der Waals surface area contributed by atoms with Gasteiger partial charge in [-0.1, -0.05) is 24.6 Å². The van der Waals surface area contributed by atoms with E-state index >= 15 is 0 Å². The number of benzene rings is 1. The topological polar surface area (TPSA) is 12.0 Å². The molecule has 0 bridgehead atoms. The molecule has 1 heterocycles. The molecule has 1 aromatic rings. The SMILES string of the molecule is [C]1CCCCc2ccccc2N1. The van der Waals surface area contributed by atoms with E-state index in [0.717, 1.165) is 6.42 Å². The van der Waals surface area contributed by atoms with Crippen molar-refractivity contribution in [1.82, 2.24) is 0 Å². The molecular weight excluding hydrogens is 146 g/mol. The molecule has 12 heavy (non-hydrogen) atoms. The summed E-state index contributed by atoms with van der Waals surface area (Å²) in [5.41, 5.74) is 2.65. The van der Waals surface area contributed by atoms with Crippen molar-refractivity contribution in [1.29, 1.82) is 0 Å². The predicted molar refractivity (Wildman–Crippen MR) is 50.9 cm³/mol. The zero-order valence-electron chi connectivity index (χ0n) is 7.14. The first-order valence-electron chi connectivity index (χ1n) is 4.53. The Bertz CT molecular complexity index is 228. The van der Waals surface area contributed by atoms with Crippen molar-refractivity contribution in [2.24, 2.45) is 0 Å². The van der Waals surface area contributed by atoms with Crippen molar-refractivity contribution in [2.45, 2.75) is 25.7 Å². The number of para-hydroxylation sites is 1. The molecule has 0 aromatic heterocycles. The lowest BCUT2D eigenvalue weighted by molar-refractivity contribution is 0.719. The van der Waals surface area contributed by atoms with Gasteiger partial charge in [0.25, 0.3) is 0 Å². The van der Waals surface area contributed by atoms with Crippen LogP contribution >= 0.6 is 0 Å². The number of anilines is 1. The molecule has 1 aliphatic rings. The maximum atomic E-state index is 3.22. The fraction of sp³-hybridized carbons (Fsp3) is 0.364. The number of nitrogens with one attached hydrogen (secondary N) is 1. The van der Waals surface area contributed by atoms with Crippen LogP contribution < -0.4 is 5.32 Å². The van der Waals surface area contributed by atoms with Crippen molar-refractivity contribution in [2.75, 3.05) is 5.32 Å². The third-order valence-corrected chi connectivity index (χ3v) is 2.24. The minimum atomic E-state index is 1.06. The van der Waals surface area contributed by atoms with Crippen LogP contribution in [0.15, 0.2) is 24.3 Å². The van der Waals surface area contributed by atoms with Gasteiger partial charge in [0, 0.05) is 5.69 Å². The first kappa shape index (κ1) is 7.66. The Morgan fingerprint density at radius 2 is 2.08 bits per heavy atom. The number of hydrogen-bond acceptors (Lipinski definition) is 1. The summed E-state index contributed by atoms with van der Waals surface area (Å²) < 4.78 is 0. The first-order chi connectivity index (χ1) is 5.97. The summed E-state index contributed by atoms with van der Waals surface area (Å²) in [5, 5.41) is 3.22. The molecule has 1 N–H and O–H groups in total. The molecule has 0 saturated heterocycles. The second-order valence-corrected chi connectivity index (χ2v) is 3.17. The number of rotatable bonds is 0. The Morgan fingerprint density at radius 1 is 1.17 bits per heavy atom. The third kappa shape index (κ3) is 1.60. The van der Waals surface area contributed by atoms with Crippen molar-refractivity contribution in [3.05, 3.63) is 36.4 Å². The van der Waals surface area contributed by atoms with E-state index in [1.165, 1.54) is 30.5 Å². The fourth-order valence-electron chi connectivity index (χ4n) is 1.55. The van der Waals surface area contributed by atoms with E-state index in [1.807, 2.05) is 0 Å². The van der Waals surface area contributed by atoms with E-state index in [0.29, 0.717) is 0 Å². The molecular formula is C11H13N. The standard InChI is InChI=1S/C11H13N/c1-2-6-10-7-3-4-8-11(10)12-9-5-1/h3-4,7-8,12H,1-2,5-6H2. The van der Waals surface area contributed by atoms with Crippen LogP contribution in [0.2, 0.25) is 0 Å². The summed E-state index contributed by atoms with van der Waals surface area (Å²) in [6.07, 6.45) is 4.80. The van der Waals surface area contributed by atoms with Crippen molar-refractivity contribution in [3.8, 4) is 0 Å². The molecule has 1 aliphatic heterocycles. The molecule has 0 amide bonds. The van der Waals surface area contributed by atoms with Gasteiger partial charge in [0.05, 0.1) is 6.54 Å². The second-order valence-electron chi connectivity index (χ2n) is 3.17. The van der Waals surface area contributed by atoms with Gasteiger partial charge in [-0.3, -0.25) is 0 Å². The molecule has 0 saturated carbocycles. The van der Waals surface area contributed by atoms with E-state index in [1.54, 1.807) is 0 Å². The lowest BCUT2D eigenvalue weighted by Crippen LogP contribution is -2.02. The van der Waals surface area contributed by atoms with Gasteiger partial charge < -0.3 is 5.32 Å². The van der Waals surface area contributed by atoms with Crippen LogP contribution in [0.3, 0.4) is 0 Å². The summed E-state index contributed by atoms with van der Waals surface area (Å²) in [7, 11) is 0. The highest BCUT2D eigenvalue weighted by molar-refractivity contribution is 5.52. The molecule has 0 unspecified atom stereocenters. The zero-order chi connectivity index (χ0) is 8.23. The molecule has 2 rings (SSSR count). The predicted octanol–water partition coefficient (Wildman–Crippen LogP) is 2.86. The quantitative estimate of drug-likeness (QED) is 0.613. The first-order valence-corrected chi connectivity index (χ1v) is 4.53. The molecule has 1 heteroatoms. The summed E-state index contributed by atoms with van der Waals surface area (Å²) in [5.74, 6) is 0. The molecule has 0 aliphatic carbocycles. The number of hydrogen-bond donors (Lipinski definition) is 1. The highest BCUT2D eigenvalue weighted by atomic mass is 14.9. The van der Waals surface area contributed by atoms with E-state index in [-0.39, 0.29) is 0 Å². The van der Waals surface area contributed by atoms with Crippen LogP contribution in [-0.2, 0) is 6.42 Å². The van der Waals surface area contributed by atoms with Crippen LogP contribution in [-0.4, -0.2) is 0 Å². The third-order valence-electron chi connectivity index (χ3n) is 2.24. The highest BCUT2D eigenvalue weighted by Gasteiger charge is 2.04. The van der Waals surface area contributed by atoms with Crippen LogP contribution in [0.4, 0.5) is 5.69 Å². The van der Waals surface area contributed by atoms with Gasteiger partial charge in [-0.05, 0) is 30.9 Å². The van der Waals surface area contributed by atoms with Gasteiger partial charge in [-0.2, -0.15) is 0 Å². The van der Waals surface area contributed by atoms with Gasteiger partial charge in [-0.25, -0.2) is 0 Å². The molecule has 0 atom stereocenters. The molecule has 1 aromatic carbocycles. The maximum absolute atomic E-state index is 3.22. The van der Waals surface area contributed by atoms with Gasteiger partial charge in [-0.15, -0.1) is 0 Å². The Hall–Kier alpha value is -0.980. The van der Waals surface area contributed by atoms with Crippen molar-refractivity contribution in [3.63, 3.8) is 0 Å². The molecule has 1 nitrogen and oxygen atoms in total. The maximum Gasteiger partial charge on any atom is 0.0880 e. The average molecular weight is 159 g/mol. The van der Waals surface area contributed by atoms with Gasteiger partial charge >= 0.3 is 0 Å². The summed E-state index contributed by atoms with van der Waals surface area (Å²) in [4.78, 5) is 0. The Morgan fingerprint density at radius 3 is 3.08 bits per heavy atom. The normalized spacial score (nSPS) is 17.0. The minimum absolute atomic E-state index is 1.06. The van der Waals surface area contributed by atoms with Crippen LogP contribution in [0.25, 0.3) is 0 Å². The zero-order valence-corrected chi connectivity index (χ0v) is 7.14. The number of fused-ring (bicyclic) bond motifs is 1. The van der Waals surface area contributed by atoms with Gasteiger partial charge in [0.15, 0.2) is 0 Å². The molecule has 2 radical (unpaired) electrons. The Balaban J connectivity index is 2.24. The molecule has 0 fully saturated rings. The fourth-order valence-corrected chi connectivity index (χ4v) is 1.55. The highest BCUT2D eigenvalue weighted by Crippen LogP contribution is 2.21. The lowest BCUT2D eigenvalue weighted by atomic mass is 10.0.